The van der Waals surface area contributed by atoms with Gasteiger partial charge in [-0.25, -0.2) is 9.98 Å². The monoisotopic (exact) mass is 389 g/mol. The Morgan fingerprint density at radius 1 is 1.18 bits per heavy atom. The highest BCUT2D eigenvalue weighted by Crippen LogP contribution is 2.23. The van der Waals surface area contributed by atoms with Crippen molar-refractivity contribution in [3.05, 3.63) is 84.8 Å². The molecule has 7 heteroatoms. The number of rotatable bonds is 3. The molecule has 0 fully saturated rings. The number of H-pyrrole nitrogens is 1. The lowest BCUT2D eigenvalue weighted by Gasteiger charge is -2.08. The molecule has 0 saturated carbocycles. The molecular formula is C21H15N3O3S. The third kappa shape index (κ3) is 3.60. The van der Waals surface area contributed by atoms with Crippen molar-refractivity contribution in [2.45, 2.75) is 6.92 Å². The van der Waals surface area contributed by atoms with E-state index in [2.05, 4.69) is 15.0 Å². The van der Waals surface area contributed by atoms with Crippen molar-refractivity contribution in [2.75, 3.05) is 0 Å². The smallest absolute Gasteiger partial charge is 0.307 e. The number of carbonyl (C=O) groups excluding carboxylic acids is 1. The molecule has 1 aliphatic heterocycles. The molecule has 1 aliphatic rings. The molecule has 0 atom stereocenters. The molecule has 0 spiro atoms. The summed E-state index contributed by atoms with van der Waals surface area (Å²) in [5, 5.41) is 11.6. The molecule has 138 valence electrons. The minimum Gasteiger partial charge on any atom is -0.493 e. The fourth-order valence-electron chi connectivity index (χ4n) is 2.78. The van der Waals surface area contributed by atoms with Gasteiger partial charge in [0.05, 0.1) is 15.9 Å². The second-order valence-corrected chi connectivity index (χ2v) is 7.20. The summed E-state index contributed by atoms with van der Waals surface area (Å²) >= 11 is 0.911. The third-order valence-corrected chi connectivity index (χ3v) is 5.00. The number of aromatic amines is 1. The molecule has 0 aliphatic carbocycles. The lowest BCUT2D eigenvalue weighted by Crippen LogP contribution is -2.30. The van der Waals surface area contributed by atoms with Crippen molar-refractivity contribution < 1.29 is 9.90 Å². The zero-order valence-electron chi connectivity index (χ0n) is 14.8. The van der Waals surface area contributed by atoms with Gasteiger partial charge >= 0.3 is 4.87 Å². The third-order valence-electron chi connectivity index (χ3n) is 4.18. The van der Waals surface area contributed by atoms with Crippen molar-refractivity contribution in [3.8, 4) is 5.88 Å². The van der Waals surface area contributed by atoms with E-state index in [9.17, 15) is 14.7 Å². The predicted octanol–water partition coefficient (Wildman–Crippen LogP) is 2.57. The predicted molar refractivity (Wildman–Crippen MR) is 110 cm³/mol. The first-order valence-corrected chi connectivity index (χ1v) is 9.30. The Bertz CT molecular complexity index is 1310. The number of carbonyl (C=O) groups is 1. The minimum atomic E-state index is -0.337. The summed E-state index contributed by atoms with van der Waals surface area (Å²) in [6, 6.07) is 14.6. The van der Waals surface area contributed by atoms with Crippen LogP contribution >= 0.6 is 11.3 Å². The van der Waals surface area contributed by atoms with Gasteiger partial charge in [0.25, 0.3) is 0 Å². The normalized spacial score (nSPS) is 15.8. The van der Waals surface area contributed by atoms with Gasteiger partial charge in [-0.15, -0.1) is 0 Å². The molecule has 2 aromatic carbocycles. The Morgan fingerprint density at radius 3 is 2.61 bits per heavy atom. The van der Waals surface area contributed by atoms with Crippen LogP contribution < -0.4 is 15.4 Å². The summed E-state index contributed by atoms with van der Waals surface area (Å²) in [7, 11) is 0. The first-order valence-electron chi connectivity index (χ1n) is 8.49. The van der Waals surface area contributed by atoms with Crippen LogP contribution in [-0.4, -0.2) is 21.7 Å². The standard InChI is InChI=1S/C21H15N3O3S/c1-12(25)13-6-8-16(9-7-13)22-19-15(11-18-20(26)24-21(27)28-18)10-14-4-2-3-5-17(14)23-19/h2-11,26H,1H3,(H,24,27)/b15-11+,22-19?. The van der Waals surface area contributed by atoms with E-state index in [-0.39, 0.29) is 16.5 Å². The molecular weight excluding hydrogens is 374 g/mol. The topological polar surface area (TPSA) is 94.9 Å². The van der Waals surface area contributed by atoms with Crippen molar-refractivity contribution in [1.82, 2.24) is 4.98 Å². The SMILES string of the molecule is CC(=O)c1ccc(N=C2N=c3ccccc3=C/C2=C\c2sc(=O)[nH]c2O)cc1. The summed E-state index contributed by atoms with van der Waals surface area (Å²) < 4.78 is 0. The van der Waals surface area contributed by atoms with Gasteiger partial charge in [-0.05, 0) is 49.4 Å². The van der Waals surface area contributed by atoms with E-state index in [4.69, 9.17) is 0 Å². The van der Waals surface area contributed by atoms with Crippen LogP contribution in [0.3, 0.4) is 0 Å². The van der Waals surface area contributed by atoms with Crippen molar-refractivity contribution in [2.24, 2.45) is 9.98 Å². The molecule has 0 bridgehead atoms. The maximum atomic E-state index is 11.5. The van der Waals surface area contributed by atoms with Crippen LogP contribution in [0.2, 0.25) is 0 Å². The number of amidine groups is 1. The van der Waals surface area contributed by atoms with Gasteiger partial charge in [-0.2, -0.15) is 0 Å². The van der Waals surface area contributed by atoms with E-state index in [1.54, 1.807) is 30.3 Å². The number of fused-ring (bicyclic) bond motifs is 1. The number of hydrogen-bond acceptors (Lipinski definition) is 5. The van der Waals surface area contributed by atoms with Crippen molar-refractivity contribution in [1.29, 1.82) is 0 Å². The molecule has 0 radical (unpaired) electrons. The second-order valence-electron chi connectivity index (χ2n) is 6.18. The number of nitrogens with one attached hydrogen (secondary N) is 1. The molecule has 0 unspecified atom stereocenters. The number of nitrogens with zero attached hydrogens (tertiary/aromatic N) is 2. The summed E-state index contributed by atoms with van der Waals surface area (Å²) in [5.41, 5.74) is 1.92. The lowest BCUT2D eigenvalue weighted by molar-refractivity contribution is 0.101. The summed E-state index contributed by atoms with van der Waals surface area (Å²) in [6.07, 6.45) is 3.59. The van der Waals surface area contributed by atoms with E-state index >= 15 is 0 Å². The number of para-hydroxylation sites is 1. The van der Waals surface area contributed by atoms with Gasteiger partial charge < -0.3 is 5.11 Å². The Hall–Kier alpha value is -3.58. The van der Waals surface area contributed by atoms with Crippen molar-refractivity contribution in [3.63, 3.8) is 0 Å². The molecule has 0 amide bonds. The van der Waals surface area contributed by atoms with E-state index in [0.29, 0.717) is 27.5 Å². The van der Waals surface area contributed by atoms with Crippen LogP contribution in [-0.2, 0) is 0 Å². The number of aliphatic imine (C=N–C) groups is 1. The summed E-state index contributed by atoms with van der Waals surface area (Å²) in [5.74, 6) is 0.261. The maximum absolute atomic E-state index is 11.5. The number of hydrogen-bond donors (Lipinski definition) is 2. The first kappa shape index (κ1) is 17.8. The number of thiazole rings is 1. The van der Waals surface area contributed by atoms with Crippen molar-refractivity contribution >= 4 is 40.8 Å². The summed E-state index contributed by atoms with van der Waals surface area (Å²) in [4.78, 5) is 34.6. The molecule has 0 saturated heterocycles. The Balaban J connectivity index is 1.86. The molecule has 6 nitrogen and oxygen atoms in total. The van der Waals surface area contributed by atoms with Gasteiger partial charge in [-0.3, -0.25) is 14.6 Å². The average Bonchev–Trinajstić information content (AvgIpc) is 2.99. The van der Waals surface area contributed by atoms with E-state index in [1.807, 2.05) is 30.3 Å². The summed E-state index contributed by atoms with van der Waals surface area (Å²) in [6.45, 7) is 1.51. The molecule has 2 N–H and O–H groups in total. The van der Waals surface area contributed by atoms with Gasteiger partial charge in [0, 0.05) is 16.4 Å². The number of aromatic hydroxyl groups is 1. The highest BCUT2D eigenvalue weighted by atomic mass is 32.1. The molecule has 2 heterocycles. The number of benzene rings is 2. The average molecular weight is 389 g/mol. The minimum absolute atomic E-state index is 0.0118. The van der Waals surface area contributed by atoms with Crippen LogP contribution in [0.1, 0.15) is 22.2 Å². The van der Waals surface area contributed by atoms with Gasteiger partial charge in [0.15, 0.2) is 11.6 Å². The van der Waals surface area contributed by atoms with E-state index in [1.165, 1.54) is 6.92 Å². The molecule has 28 heavy (non-hydrogen) atoms. The van der Waals surface area contributed by atoms with Crippen LogP contribution in [0, 0.1) is 0 Å². The quantitative estimate of drug-likeness (QED) is 0.674. The zero-order chi connectivity index (χ0) is 19.7. The van der Waals surface area contributed by atoms with Crippen LogP contribution in [0.25, 0.3) is 12.2 Å². The number of aromatic nitrogens is 1. The zero-order valence-corrected chi connectivity index (χ0v) is 15.7. The van der Waals surface area contributed by atoms with Gasteiger partial charge in [0.2, 0.25) is 5.88 Å². The Labute approximate surface area is 163 Å². The highest BCUT2D eigenvalue weighted by molar-refractivity contribution is 7.10. The van der Waals surface area contributed by atoms with Crippen LogP contribution in [0.15, 0.2) is 68.9 Å². The number of Topliss-reactive ketones (excluding diaryl/α,β-unsaturated/α-hetero) is 1. The van der Waals surface area contributed by atoms with Gasteiger partial charge in [0.1, 0.15) is 0 Å². The fourth-order valence-corrected chi connectivity index (χ4v) is 3.46. The lowest BCUT2D eigenvalue weighted by atomic mass is 10.1. The Morgan fingerprint density at radius 2 is 1.93 bits per heavy atom. The second kappa shape index (κ2) is 7.21. The highest BCUT2D eigenvalue weighted by Gasteiger charge is 2.12. The maximum Gasteiger partial charge on any atom is 0.307 e. The largest absolute Gasteiger partial charge is 0.493 e. The van der Waals surface area contributed by atoms with Crippen LogP contribution in [0.5, 0.6) is 5.88 Å². The fraction of sp³-hybridized carbons (Fsp3) is 0.0476. The first-order chi connectivity index (χ1) is 13.5. The van der Waals surface area contributed by atoms with Crippen LogP contribution in [0.4, 0.5) is 5.69 Å². The van der Waals surface area contributed by atoms with Gasteiger partial charge in [-0.1, -0.05) is 29.5 Å². The Kier molecular flexibility index (Phi) is 4.58. The van der Waals surface area contributed by atoms with E-state index in [0.717, 1.165) is 21.9 Å². The number of ketones is 1. The molecule has 4 rings (SSSR count). The molecule has 3 aromatic rings. The van der Waals surface area contributed by atoms with E-state index < -0.39 is 0 Å². The molecule has 1 aromatic heterocycles.